The first-order chi connectivity index (χ1) is 8.86. The predicted molar refractivity (Wildman–Crippen MR) is 85.3 cm³/mol. The van der Waals surface area contributed by atoms with Gasteiger partial charge in [-0.1, -0.05) is 43.6 Å². The van der Waals surface area contributed by atoms with Crippen molar-refractivity contribution in [2.75, 3.05) is 5.43 Å². The average Bonchev–Trinajstić information content (AvgIpc) is 2.35. The number of nitrogens with zero attached hydrogens (tertiary/aromatic N) is 1. The topological polar surface area (TPSA) is 50.9 Å². The minimum atomic E-state index is -0.00211. The lowest BCUT2D eigenvalue weighted by atomic mass is 9.90. The van der Waals surface area contributed by atoms with Gasteiger partial charge in [-0.25, -0.2) is 0 Å². The van der Waals surface area contributed by atoms with Crippen LogP contribution in [0.4, 0.5) is 5.69 Å². The summed E-state index contributed by atoms with van der Waals surface area (Å²) in [4.78, 5) is 4.85. The lowest BCUT2D eigenvalue weighted by Crippen LogP contribution is -2.16. The number of anilines is 1. The molecule has 19 heavy (non-hydrogen) atoms. The largest absolute Gasteiger partial charge is 0.323 e. The summed E-state index contributed by atoms with van der Waals surface area (Å²) < 4.78 is 1.05. The highest BCUT2D eigenvalue weighted by Gasteiger charge is 2.19. The van der Waals surface area contributed by atoms with Gasteiger partial charge >= 0.3 is 0 Å². The number of benzene rings is 1. The Morgan fingerprint density at radius 2 is 1.95 bits per heavy atom. The molecule has 0 bridgehead atoms. The maximum absolute atomic E-state index is 5.68. The second-order valence-corrected chi connectivity index (χ2v) is 6.68. The predicted octanol–water partition coefficient (Wildman–Crippen LogP) is 4.14. The molecule has 3 nitrogen and oxygen atoms in total. The Hall–Kier alpha value is -1.13. The highest BCUT2D eigenvalue weighted by molar-refractivity contribution is 9.10. The van der Waals surface area contributed by atoms with Crippen molar-refractivity contribution in [1.82, 2.24) is 4.98 Å². The van der Waals surface area contributed by atoms with Crippen LogP contribution in [0.1, 0.15) is 39.0 Å². The summed E-state index contributed by atoms with van der Waals surface area (Å²) in [6.07, 6.45) is 0.945. The van der Waals surface area contributed by atoms with E-state index in [1.165, 1.54) is 5.56 Å². The maximum Gasteiger partial charge on any atom is 0.0759 e. The molecule has 0 saturated carbocycles. The van der Waals surface area contributed by atoms with Gasteiger partial charge in [0, 0.05) is 21.0 Å². The molecule has 1 heterocycles. The molecule has 2 aromatic rings. The van der Waals surface area contributed by atoms with Gasteiger partial charge in [0.15, 0.2) is 0 Å². The summed E-state index contributed by atoms with van der Waals surface area (Å²) in [7, 11) is 0. The van der Waals surface area contributed by atoms with Crippen molar-refractivity contribution in [1.29, 1.82) is 0 Å². The van der Waals surface area contributed by atoms with Crippen LogP contribution in [0.15, 0.2) is 22.7 Å². The number of halogens is 1. The SMILES string of the molecule is CCc1cc(Br)cc2c(NN)cc(C(C)(C)C)nc12. The summed E-state index contributed by atoms with van der Waals surface area (Å²) in [5.74, 6) is 5.68. The normalized spacial score (nSPS) is 11.9. The first kappa shape index (κ1) is 14.3. The molecule has 0 aliphatic heterocycles. The van der Waals surface area contributed by atoms with E-state index in [0.29, 0.717) is 0 Å². The monoisotopic (exact) mass is 321 g/mol. The van der Waals surface area contributed by atoms with Crippen LogP contribution in [0.5, 0.6) is 0 Å². The molecule has 102 valence electrons. The molecule has 0 amide bonds. The van der Waals surface area contributed by atoms with E-state index in [2.05, 4.69) is 61.2 Å². The van der Waals surface area contributed by atoms with Crippen LogP contribution in [0, 0.1) is 0 Å². The molecule has 1 aromatic carbocycles. The number of nitrogens with two attached hydrogens (primary N) is 1. The molecule has 2 rings (SSSR count). The van der Waals surface area contributed by atoms with Gasteiger partial charge in [-0.15, -0.1) is 0 Å². The van der Waals surface area contributed by atoms with Crippen molar-refractivity contribution in [3.63, 3.8) is 0 Å². The van der Waals surface area contributed by atoms with Crippen molar-refractivity contribution < 1.29 is 0 Å². The van der Waals surface area contributed by atoms with Crippen LogP contribution in [0.25, 0.3) is 10.9 Å². The Balaban J connectivity index is 2.85. The molecular weight excluding hydrogens is 302 g/mol. The number of pyridine rings is 1. The summed E-state index contributed by atoms with van der Waals surface area (Å²) >= 11 is 3.55. The molecular formula is C15H20BrN3. The molecule has 0 aliphatic carbocycles. The zero-order chi connectivity index (χ0) is 14.2. The number of hydrazine groups is 1. The van der Waals surface area contributed by atoms with Gasteiger partial charge in [-0.2, -0.15) is 0 Å². The first-order valence-corrected chi connectivity index (χ1v) is 7.26. The lowest BCUT2D eigenvalue weighted by Gasteiger charge is -2.21. The van der Waals surface area contributed by atoms with Gasteiger partial charge in [0.25, 0.3) is 0 Å². The third-order valence-electron chi connectivity index (χ3n) is 3.26. The zero-order valence-corrected chi connectivity index (χ0v) is 13.4. The minimum absolute atomic E-state index is 0.00211. The number of hydrogen-bond donors (Lipinski definition) is 2. The Kier molecular flexibility index (Phi) is 3.83. The van der Waals surface area contributed by atoms with Crippen LogP contribution in [0.3, 0.4) is 0 Å². The maximum atomic E-state index is 5.68. The van der Waals surface area contributed by atoms with Crippen LogP contribution >= 0.6 is 15.9 Å². The summed E-state index contributed by atoms with van der Waals surface area (Å²) in [5.41, 5.74) is 7.03. The van der Waals surface area contributed by atoms with Crippen LogP contribution in [-0.4, -0.2) is 4.98 Å². The summed E-state index contributed by atoms with van der Waals surface area (Å²) in [6, 6.07) is 6.22. The Morgan fingerprint density at radius 3 is 2.47 bits per heavy atom. The van der Waals surface area contributed by atoms with E-state index in [9.17, 15) is 0 Å². The number of aryl methyl sites for hydroxylation is 1. The molecule has 0 unspecified atom stereocenters. The molecule has 0 saturated heterocycles. The summed E-state index contributed by atoms with van der Waals surface area (Å²) in [6.45, 7) is 8.62. The number of nitrogen functional groups attached to an aromatic ring is 1. The van der Waals surface area contributed by atoms with Crippen LogP contribution in [-0.2, 0) is 11.8 Å². The van der Waals surface area contributed by atoms with E-state index >= 15 is 0 Å². The fourth-order valence-electron chi connectivity index (χ4n) is 2.13. The van der Waals surface area contributed by atoms with Crippen molar-refractivity contribution in [2.45, 2.75) is 39.5 Å². The number of fused-ring (bicyclic) bond motifs is 1. The highest BCUT2D eigenvalue weighted by Crippen LogP contribution is 2.32. The minimum Gasteiger partial charge on any atom is -0.323 e. The Labute approximate surface area is 122 Å². The van der Waals surface area contributed by atoms with E-state index in [-0.39, 0.29) is 5.41 Å². The smallest absolute Gasteiger partial charge is 0.0759 e. The average molecular weight is 322 g/mol. The summed E-state index contributed by atoms with van der Waals surface area (Å²) in [5, 5.41) is 1.06. The second-order valence-electron chi connectivity index (χ2n) is 5.76. The standard InChI is InChI=1S/C15H20BrN3/c1-5-9-6-10(16)7-11-12(19-17)8-13(15(2,3)4)18-14(9)11/h6-8H,5,17H2,1-4H3,(H,18,19). The van der Waals surface area contributed by atoms with Gasteiger partial charge < -0.3 is 5.43 Å². The van der Waals surface area contributed by atoms with Crippen LogP contribution in [0.2, 0.25) is 0 Å². The molecule has 0 fully saturated rings. The molecule has 0 aliphatic rings. The number of rotatable bonds is 2. The molecule has 3 N–H and O–H groups in total. The molecule has 1 aromatic heterocycles. The molecule has 4 heteroatoms. The fraction of sp³-hybridized carbons (Fsp3) is 0.400. The van der Waals surface area contributed by atoms with Gasteiger partial charge in [-0.05, 0) is 30.2 Å². The third kappa shape index (κ3) is 2.74. The number of hydrogen-bond acceptors (Lipinski definition) is 3. The van der Waals surface area contributed by atoms with Gasteiger partial charge in [0.05, 0.1) is 11.2 Å². The number of nitrogens with one attached hydrogen (secondary N) is 1. The highest BCUT2D eigenvalue weighted by atomic mass is 79.9. The van der Waals surface area contributed by atoms with E-state index in [0.717, 1.165) is 33.2 Å². The Morgan fingerprint density at radius 1 is 1.26 bits per heavy atom. The van der Waals surface area contributed by atoms with E-state index in [1.807, 2.05) is 6.07 Å². The van der Waals surface area contributed by atoms with Crippen molar-refractivity contribution in [3.8, 4) is 0 Å². The lowest BCUT2D eigenvalue weighted by molar-refractivity contribution is 0.571. The molecule has 0 spiro atoms. The van der Waals surface area contributed by atoms with Gasteiger partial charge in [0.1, 0.15) is 0 Å². The van der Waals surface area contributed by atoms with Gasteiger partial charge in [-0.3, -0.25) is 10.8 Å². The number of aromatic nitrogens is 1. The van der Waals surface area contributed by atoms with Gasteiger partial charge in [0.2, 0.25) is 0 Å². The van der Waals surface area contributed by atoms with E-state index in [4.69, 9.17) is 10.8 Å². The Bertz CT molecular complexity index is 615. The molecule has 0 radical (unpaired) electrons. The molecule has 0 atom stereocenters. The van der Waals surface area contributed by atoms with Crippen molar-refractivity contribution >= 4 is 32.5 Å². The van der Waals surface area contributed by atoms with Crippen molar-refractivity contribution in [3.05, 3.63) is 33.9 Å². The van der Waals surface area contributed by atoms with E-state index < -0.39 is 0 Å². The third-order valence-corrected chi connectivity index (χ3v) is 3.72. The fourth-order valence-corrected chi connectivity index (χ4v) is 2.64. The van der Waals surface area contributed by atoms with Crippen LogP contribution < -0.4 is 11.3 Å². The first-order valence-electron chi connectivity index (χ1n) is 6.47. The quantitative estimate of drug-likeness (QED) is 0.645. The zero-order valence-electron chi connectivity index (χ0n) is 11.8. The van der Waals surface area contributed by atoms with E-state index in [1.54, 1.807) is 0 Å². The second kappa shape index (κ2) is 5.10. The van der Waals surface area contributed by atoms with Crippen molar-refractivity contribution in [2.24, 2.45) is 5.84 Å².